The summed E-state index contributed by atoms with van der Waals surface area (Å²) in [6, 6.07) is 1.68. The first kappa shape index (κ1) is 12.9. The van der Waals surface area contributed by atoms with Gasteiger partial charge in [0.25, 0.3) is 0 Å². The van der Waals surface area contributed by atoms with Gasteiger partial charge in [-0.1, -0.05) is 12.8 Å². The van der Waals surface area contributed by atoms with Gasteiger partial charge < -0.3 is 15.1 Å². The first-order valence-corrected chi connectivity index (χ1v) is 7.99. The van der Waals surface area contributed by atoms with Crippen molar-refractivity contribution in [1.82, 2.24) is 15.1 Å². The molecule has 3 atom stereocenters. The van der Waals surface area contributed by atoms with Crippen LogP contribution in [0.2, 0.25) is 0 Å². The molecule has 1 aliphatic carbocycles. The maximum atomic E-state index is 3.84. The summed E-state index contributed by atoms with van der Waals surface area (Å²) in [7, 11) is 2.32. The fraction of sp³-hybridized carbons (Fsp3) is 1.00. The van der Waals surface area contributed by atoms with E-state index >= 15 is 0 Å². The molecule has 1 N–H and O–H groups in total. The van der Waals surface area contributed by atoms with Crippen LogP contribution in [0.1, 0.15) is 38.5 Å². The lowest BCUT2D eigenvalue weighted by molar-refractivity contribution is 0.204. The third-order valence-electron chi connectivity index (χ3n) is 5.45. The minimum Gasteiger partial charge on any atom is -0.312 e. The minimum atomic E-state index is 0.806. The molecule has 0 aromatic heterocycles. The van der Waals surface area contributed by atoms with Crippen molar-refractivity contribution < 1.29 is 0 Å². The summed E-state index contributed by atoms with van der Waals surface area (Å²) >= 11 is 0. The average Bonchev–Trinajstić information content (AvgIpc) is 3.02. The van der Waals surface area contributed by atoms with E-state index in [4.69, 9.17) is 0 Å². The van der Waals surface area contributed by atoms with Crippen molar-refractivity contribution >= 4 is 0 Å². The Kier molecular flexibility index (Phi) is 4.22. The van der Waals surface area contributed by atoms with Gasteiger partial charge in [0.05, 0.1) is 0 Å². The van der Waals surface area contributed by atoms with Gasteiger partial charge in [0.1, 0.15) is 0 Å². The maximum Gasteiger partial charge on any atom is 0.0121 e. The van der Waals surface area contributed by atoms with Crippen LogP contribution in [-0.2, 0) is 0 Å². The lowest BCUT2D eigenvalue weighted by atomic mass is 9.94. The van der Waals surface area contributed by atoms with Gasteiger partial charge in [-0.3, -0.25) is 0 Å². The zero-order valence-corrected chi connectivity index (χ0v) is 11.9. The van der Waals surface area contributed by atoms with Crippen LogP contribution in [-0.4, -0.2) is 61.7 Å². The van der Waals surface area contributed by atoms with Gasteiger partial charge >= 0.3 is 0 Å². The largest absolute Gasteiger partial charge is 0.312 e. The van der Waals surface area contributed by atoms with Gasteiger partial charge in [-0.25, -0.2) is 0 Å². The van der Waals surface area contributed by atoms with Crippen LogP contribution in [0.25, 0.3) is 0 Å². The van der Waals surface area contributed by atoms with Crippen molar-refractivity contribution in [3.8, 4) is 0 Å². The maximum absolute atomic E-state index is 3.84. The van der Waals surface area contributed by atoms with Crippen molar-refractivity contribution in [3.63, 3.8) is 0 Å². The number of hydrogen-bond acceptors (Lipinski definition) is 3. The number of fused-ring (bicyclic) bond motifs is 2. The van der Waals surface area contributed by atoms with E-state index in [0.717, 1.165) is 18.0 Å². The summed E-state index contributed by atoms with van der Waals surface area (Å²) in [5, 5.41) is 3.84. The lowest BCUT2D eigenvalue weighted by Crippen LogP contribution is -2.46. The van der Waals surface area contributed by atoms with Crippen LogP contribution in [0.3, 0.4) is 0 Å². The summed E-state index contributed by atoms with van der Waals surface area (Å²) in [6.45, 7) is 6.46. The van der Waals surface area contributed by atoms with E-state index in [1.807, 2.05) is 0 Å². The highest BCUT2D eigenvalue weighted by Crippen LogP contribution is 2.27. The smallest absolute Gasteiger partial charge is 0.0121 e. The van der Waals surface area contributed by atoms with E-state index < -0.39 is 0 Å². The predicted octanol–water partition coefficient (Wildman–Crippen LogP) is 1.54. The van der Waals surface area contributed by atoms with Crippen LogP contribution in [0.5, 0.6) is 0 Å². The quantitative estimate of drug-likeness (QED) is 0.800. The fourth-order valence-electron chi connectivity index (χ4n) is 4.17. The van der Waals surface area contributed by atoms with Crippen LogP contribution in [0.4, 0.5) is 0 Å². The van der Waals surface area contributed by atoms with Crippen molar-refractivity contribution in [1.29, 1.82) is 0 Å². The Bertz CT molecular complexity index is 262. The van der Waals surface area contributed by atoms with Crippen molar-refractivity contribution in [2.45, 2.75) is 50.6 Å². The number of nitrogens with zero attached hydrogens (tertiary/aromatic N) is 2. The standard InChI is InChI=1S/C15H29N3/c1-17(14-4-2-3-5-14)11-8-16-15-7-10-18-9-6-13(15)12-18/h13-16H,2-12H2,1H3. The van der Waals surface area contributed by atoms with Gasteiger partial charge in [0.15, 0.2) is 0 Å². The van der Waals surface area contributed by atoms with E-state index in [2.05, 4.69) is 22.2 Å². The van der Waals surface area contributed by atoms with Gasteiger partial charge in [-0.2, -0.15) is 0 Å². The molecule has 104 valence electrons. The SMILES string of the molecule is CN(CCNC1CCN2CCC1C2)C1CCCC1. The first-order chi connectivity index (χ1) is 8.83. The van der Waals surface area contributed by atoms with E-state index in [9.17, 15) is 0 Å². The molecular formula is C15H29N3. The molecule has 1 saturated carbocycles. The monoisotopic (exact) mass is 251 g/mol. The molecule has 0 amide bonds. The molecule has 3 aliphatic rings. The third kappa shape index (κ3) is 2.89. The molecule has 3 unspecified atom stereocenters. The van der Waals surface area contributed by atoms with Crippen molar-refractivity contribution in [3.05, 3.63) is 0 Å². The molecule has 2 saturated heterocycles. The second-order valence-corrected chi connectivity index (χ2v) is 6.62. The summed E-state index contributed by atoms with van der Waals surface area (Å²) in [5.74, 6) is 0.940. The zero-order chi connectivity index (χ0) is 12.4. The molecule has 3 heteroatoms. The Labute approximate surface area is 112 Å². The number of likely N-dealkylation sites (N-methyl/N-ethyl adjacent to an activating group) is 1. The Hall–Kier alpha value is -0.120. The molecule has 0 radical (unpaired) electrons. The molecule has 3 nitrogen and oxygen atoms in total. The highest BCUT2D eigenvalue weighted by atomic mass is 15.2. The summed E-state index contributed by atoms with van der Waals surface area (Å²) < 4.78 is 0. The van der Waals surface area contributed by atoms with E-state index in [0.29, 0.717) is 0 Å². The number of rotatable bonds is 5. The topological polar surface area (TPSA) is 18.5 Å². The molecule has 2 heterocycles. The molecule has 2 aliphatic heterocycles. The van der Waals surface area contributed by atoms with Gasteiger partial charge in [-0.05, 0) is 51.7 Å². The average molecular weight is 251 g/mol. The Morgan fingerprint density at radius 1 is 1.11 bits per heavy atom. The second-order valence-electron chi connectivity index (χ2n) is 6.62. The molecule has 18 heavy (non-hydrogen) atoms. The minimum absolute atomic E-state index is 0.806. The summed E-state index contributed by atoms with van der Waals surface area (Å²) in [4.78, 5) is 5.22. The number of piperidine rings is 1. The number of hydrogen-bond donors (Lipinski definition) is 1. The highest BCUT2D eigenvalue weighted by molar-refractivity contribution is 4.90. The van der Waals surface area contributed by atoms with E-state index in [1.165, 1.54) is 71.2 Å². The highest BCUT2D eigenvalue weighted by Gasteiger charge is 2.33. The van der Waals surface area contributed by atoms with Crippen LogP contribution in [0.15, 0.2) is 0 Å². The lowest BCUT2D eigenvalue weighted by Gasteiger charge is -2.32. The first-order valence-electron chi connectivity index (χ1n) is 7.99. The van der Waals surface area contributed by atoms with E-state index in [1.54, 1.807) is 0 Å². The van der Waals surface area contributed by atoms with E-state index in [-0.39, 0.29) is 0 Å². The van der Waals surface area contributed by atoms with Gasteiger partial charge in [0.2, 0.25) is 0 Å². The Morgan fingerprint density at radius 2 is 1.89 bits per heavy atom. The molecular weight excluding hydrogens is 222 g/mol. The normalized spacial score (nSPS) is 36.7. The molecule has 3 fully saturated rings. The zero-order valence-electron chi connectivity index (χ0n) is 11.9. The molecule has 0 aromatic carbocycles. The van der Waals surface area contributed by atoms with Gasteiger partial charge in [-0.15, -0.1) is 0 Å². The predicted molar refractivity (Wildman–Crippen MR) is 75.8 cm³/mol. The fourth-order valence-corrected chi connectivity index (χ4v) is 4.17. The van der Waals surface area contributed by atoms with Crippen LogP contribution in [0, 0.1) is 5.92 Å². The molecule has 2 bridgehead atoms. The molecule has 0 aromatic rings. The Balaban J connectivity index is 1.36. The second kappa shape index (κ2) is 5.89. The summed E-state index contributed by atoms with van der Waals surface area (Å²) in [6.07, 6.45) is 8.55. The molecule has 0 spiro atoms. The number of nitrogens with one attached hydrogen (secondary N) is 1. The molecule has 3 rings (SSSR count). The van der Waals surface area contributed by atoms with Gasteiger partial charge in [0, 0.05) is 31.7 Å². The van der Waals surface area contributed by atoms with Crippen molar-refractivity contribution in [2.24, 2.45) is 5.92 Å². The van der Waals surface area contributed by atoms with Crippen LogP contribution < -0.4 is 5.32 Å². The summed E-state index contributed by atoms with van der Waals surface area (Å²) in [5.41, 5.74) is 0. The third-order valence-corrected chi connectivity index (χ3v) is 5.45. The van der Waals surface area contributed by atoms with Crippen LogP contribution >= 0.6 is 0 Å². The van der Waals surface area contributed by atoms with Crippen molar-refractivity contribution in [2.75, 3.05) is 39.8 Å². The Morgan fingerprint density at radius 3 is 2.72 bits per heavy atom.